The van der Waals surface area contributed by atoms with Gasteiger partial charge in [-0.05, 0) is 43.8 Å². The molecule has 6 rings (SSSR count). The topological polar surface area (TPSA) is 49.6 Å². The van der Waals surface area contributed by atoms with Crippen LogP contribution in [0.4, 0.5) is 0 Å². The predicted molar refractivity (Wildman–Crippen MR) is 103 cm³/mol. The van der Waals surface area contributed by atoms with Crippen LogP contribution in [0, 0.1) is 5.92 Å². The Balaban J connectivity index is 1.51. The molecule has 0 N–H and O–H groups in total. The SMILES string of the molecule is CCCc1oncc1C(=O)N1C[C@@H](c2ccccc2)[C@@H]2[C@H]1C1CCN2CC1. The number of aromatic nitrogens is 1. The van der Waals surface area contributed by atoms with Crippen molar-refractivity contribution >= 4 is 5.91 Å². The van der Waals surface area contributed by atoms with Crippen LogP contribution in [-0.4, -0.2) is 52.6 Å². The summed E-state index contributed by atoms with van der Waals surface area (Å²) in [5.41, 5.74) is 2.02. The van der Waals surface area contributed by atoms with Gasteiger partial charge in [-0.1, -0.05) is 42.4 Å². The highest BCUT2D eigenvalue weighted by Crippen LogP contribution is 2.47. The van der Waals surface area contributed by atoms with E-state index in [1.54, 1.807) is 6.20 Å². The van der Waals surface area contributed by atoms with Gasteiger partial charge in [0, 0.05) is 24.9 Å². The standard InChI is InChI=1S/C22H27N3O2/c1-2-6-19-17(13-23-27-19)22(26)25-14-18(15-7-4-3-5-8-15)21-20(25)16-9-11-24(21)12-10-16/h3-5,7-8,13,16,18,20-21H,2,6,9-12,14H2,1H3/t18-,20+,21+/m0/s1. The summed E-state index contributed by atoms with van der Waals surface area (Å²) in [6.07, 6.45) is 5.75. The lowest BCUT2D eigenvalue weighted by atomic mass is 9.75. The minimum absolute atomic E-state index is 0.113. The number of likely N-dealkylation sites (tertiary alicyclic amines) is 1. The molecule has 4 aliphatic heterocycles. The first kappa shape index (κ1) is 17.0. The maximum Gasteiger partial charge on any atom is 0.259 e. The molecule has 142 valence electrons. The van der Waals surface area contributed by atoms with Crippen LogP contribution in [0.3, 0.4) is 0 Å². The van der Waals surface area contributed by atoms with Crippen LogP contribution in [0.1, 0.15) is 53.8 Å². The van der Waals surface area contributed by atoms with Gasteiger partial charge in [0.05, 0.1) is 12.2 Å². The van der Waals surface area contributed by atoms with E-state index in [4.69, 9.17) is 4.52 Å². The molecule has 0 spiro atoms. The minimum Gasteiger partial charge on any atom is -0.361 e. The van der Waals surface area contributed by atoms with Crippen LogP contribution >= 0.6 is 0 Å². The maximum atomic E-state index is 13.5. The van der Waals surface area contributed by atoms with Gasteiger partial charge in [0.25, 0.3) is 5.91 Å². The number of hydrogen-bond acceptors (Lipinski definition) is 4. The normalized spacial score (nSPS) is 31.9. The largest absolute Gasteiger partial charge is 0.361 e. The molecule has 2 bridgehead atoms. The third-order valence-electron chi connectivity index (χ3n) is 6.84. The molecule has 0 unspecified atom stereocenters. The van der Waals surface area contributed by atoms with Gasteiger partial charge >= 0.3 is 0 Å². The fraction of sp³-hybridized carbons (Fsp3) is 0.545. The summed E-state index contributed by atoms with van der Waals surface area (Å²) in [5, 5.41) is 3.93. The second kappa shape index (κ2) is 6.79. The third kappa shape index (κ3) is 2.71. The van der Waals surface area contributed by atoms with Crippen molar-refractivity contribution < 1.29 is 9.32 Å². The van der Waals surface area contributed by atoms with Crippen molar-refractivity contribution in [3.05, 3.63) is 53.4 Å². The number of piperidine rings is 3. The summed E-state index contributed by atoms with van der Waals surface area (Å²) >= 11 is 0. The van der Waals surface area contributed by atoms with Crippen molar-refractivity contribution in [1.29, 1.82) is 0 Å². The molecule has 0 saturated carbocycles. The molecule has 1 aromatic heterocycles. The summed E-state index contributed by atoms with van der Waals surface area (Å²) in [5.74, 6) is 1.86. The van der Waals surface area contributed by atoms with Crippen molar-refractivity contribution in [3.8, 4) is 0 Å². The number of rotatable bonds is 4. The molecule has 5 nitrogen and oxygen atoms in total. The van der Waals surface area contributed by atoms with Gasteiger partial charge in [0.1, 0.15) is 11.3 Å². The zero-order valence-corrected chi connectivity index (χ0v) is 15.9. The highest BCUT2D eigenvalue weighted by molar-refractivity contribution is 5.95. The summed E-state index contributed by atoms with van der Waals surface area (Å²) in [4.78, 5) is 18.3. The van der Waals surface area contributed by atoms with Gasteiger partial charge in [-0.25, -0.2) is 0 Å². The van der Waals surface area contributed by atoms with Gasteiger partial charge in [-0.15, -0.1) is 0 Å². The first-order valence-electron chi connectivity index (χ1n) is 10.3. The van der Waals surface area contributed by atoms with E-state index in [1.807, 2.05) is 0 Å². The van der Waals surface area contributed by atoms with Gasteiger partial charge in [0.15, 0.2) is 0 Å². The molecule has 3 atom stereocenters. The number of fused-ring (bicyclic) bond motifs is 2. The van der Waals surface area contributed by atoms with Crippen LogP contribution < -0.4 is 0 Å². The Labute approximate surface area is 160 Å². The molecule has 4 aliphatic rings. The molecule has 4 fully saturated rings. The van der Waals surface area contributed by atoms with E-state index in [2.05, 4.69) is 52.2 Å². The average molecular weight is 365 g/mol. The predicted octanol–water partition coefficient (Wildman–Crippen LogP) is 3.33. The van der Waals surface area contributed by atoms with Crippen molar-refractivity contribution in [1.82, 2.24) is 15.0 Å². The van der Waals surface area contributed by atoms with E-state index >= 15 is 0 Å². The van der Waals surface area contributed by atoms with Crippen molar-refractivity contribution in [2.75, 3.05) is 19.6 Å². The van der Waals surface area contributed by atoms with Crippen LogP contribution in [-0.2, 0) is 6.42 Å². The maximum absolute atomic E-state index is 13.5. The second-order valence-corrected chi connectivity index (χ2v) is 8.24. The van der Waals surface area contributed by atoms with Gasteiger partial charge in [0.2, 0.25) is 0 Å². The van der Waals surface area contributed by atoms with Crippen LogP contribution in [0.2, 0.25) is 0 Å². The monoisotopic (exact) mass is 365 g/mol. The highest BCUT2D eigenvalue weighted by atomic mass is 16.5. The zero-order valence-electron chi connectivity index (χ0n) is 15.9. The number of aryl methyl sites for hydroxylation is 1. The van der Waals surface area contributed by atoms with E-state index in [1.165, 1.54) is 31.5 Å². The van der Waals surface area contributed by atoms with Crippen molar-refractivity contribution in [3.63, 3.8) is 0 Å². The molecule has 5 heteroatoms. The Morgan fingerprint density at radius 3 is 2.70 bits per heavy atom. The van der Waals surface area contributed by atoms with Gasteiger partial charge in [-0.2, -0.15) is 0 Å². The Bertz CT molecular complexity index is 810. The van der Waals surface area contributed by atoms with Crippen molar-refractivity contribution in [2.45, 2.75) is 50.6 Å². The molecule has 1 aromatic carbocycles. The number of carbonyl (C=O) groups excluding carboxylic acids is 1. The number of carbonyl (C=O) groups is 1. The molecular formula is C22H27N3O2. The van der Waals surface area contributed by atoms with E-state index in [0.29, 0.717) is 29.5 Å². The Hall–Kier alpha value is -2.14. The lowest BCUT2D eigenvalue weighted by Crippen LogP contribution is -2.60. The number of nitrogens with zero attached hydrogens (tertiary/aromatic N) is 3. The average Bonchev–Trinajstić information content (AvgIpc) is 3.35. The fourth-order valence-electron chi connectivity index (χ4n) is 5.65. The second-order valence-electron chi connectivity index (χ2n) is 8.24. The molecule has 27 heavy (non-hydrogen) atoms. The first-order valence-corrected chi connectivity index (χ1v) is 10.3. The van der Waals surface area contributed by atoms with Crippen LogP contribution in [0.15, 0.2) is 41.1 Å². The number of benzene rings is 1. The Kier molecular flexibility index (Phi) is 4.27. The molecule has 2 aromatic rings. The number of hydrogen-bond donors (Lipinski definition) is 0. The zero-order chi connectivity index (χ0) is 18.4. The summed E-state index contributed by atoms with van der Waals surface area (Å²) in [6.45, 7) is 5.24. The third-order valence-corrected chi connectivity index (χ3v) is 6.84. The van der Waals surface area contributed by atoms with E-state index in [-0.39, 0.29) is 5.91 Å². The molecule has 0 aliphatic carbocycles. The lowest BCUT2D eigenvalue weighted by Gasteiger charge is -2.51. The lowest BCUT2D eigenvalue weighted by molar-refractivity contribution is -0.00347. The smallest absolute Gasteiger partial charge is 0.259 e. The summed E-state index contributed by atoms with van der Waals surface area (Å²) < 4.78 is 5.39. The molecule has 5 heterocycles. The summed E-state index contributed by atoms with van der Waals surface area (Å²) in [6, 6.07) is 11.5. The fourth-order valence-corrected chi connectivity index (χ4v) is 5.65. The van der Waals surface area contributed by atoms with Crippen LogP contribution in [0.25, 0.3) is 0 Å². The Morgan fingerprint density at radius 2 is 1.96 bits per heavy atom. The molecule has 1 amide bonds. The number of amides is 1. The Morgan fingerprint density at radius 1 is 1.19 bits per heavy atom. The van der Waals surface area contributed by atoms with E-state index in [0.717, 1.165) is 25.1 Å². The summed E-state index contributed by atoms with van der Waals surface area (Å²) in [7, 11) is 0. The van der Waals surface area contributed by atoms with Gasteiger partial charge in [-0.3, -0.25) is 9.69 Å². The van der Waals surface area contributed by atoms with Crippen LogP contribution in [0.5, 0.6) is 0 Å². The van der Waals surface area contributed by atoms with Gasteiger partial charge < -0.3 is 9.42 Å². The van der Waals surface area contributed by atoms with Crippen molar-refractivity contribution in [2.24, 2.45) is 5.92 Å². The highest BCUT2D eigenvalue weighted by Gasteiger charge is 2.54. The van der Waals surface area contributed by atoms with E-state index in [9.17, 15) is 4.79 Å². The molecular weight excluding hydrogens is 338 g/mol. The van der Waals surface area contributed by atoms with E-state index < -0.39 is 0 Å². The first-order chi connectivity index (χ1) is 13.3. The molecule has 4 saturated heterocycles. The quantitative estimate of drug-likeness (QED) is 0.834. The molecule has 0 radical (unpaired) electrons. The minimum atomic E-state index is 0.113.